The fraction of sp³-hybridized carbons (Fsp3) is 0.714. The van der Waals surface area contributed by atoms with Gasteiger partial charge in [0.25, 0.3) is 0 Å². The van der Waals surface area contributed by atoms with Crippen molar-refractivity contribution in [1.82, 2.24) is 5.32 Å². The maximum atomic E-state index is 6.04. The van der Waals surface area contributed by atoms with Crippen molar-refractivity contribution in [3.8, 4) is 0 Å². The highest BCUT2D eigenvalue weighted by atomic mass is 16.5. The van der Waals surface area contributed by atoms with Gasteiger partial charge in [-0.2, -0.15) is 0 Å². The second-order valence-corrected chi connectivity index (χ2v) is 5.55. The number of piperidine rings is 1. The number of rotatable bonds is 3. The standard InChI is InChI=1S/C13H19NO.2C3H8.C2H6/c1-11(12-5-3-2-4-6-12)15-13-7-9-14-10-8-13;2*1-3-2;1-2/h2-6,11,13-14H,7-10H2,1H3;2*3H2,1-2H3;1-2H3. The first-order chi connectivity index (χ1) is 11.2. The van der Waals surface area contributed by atoms with Crippen molar-refractivity contribution < 1.29 is 4.74 Å². The van der Waals surface area contributed by atoms with E-state index >= 15 is 0 Å². The average Bonchev–Trinajstić information content (AvgIpc) is 2.60. The molecule has 23 heavy (non-hydrogen) atoms. The number of hydrogen-bond donors (Lipinski definition) is 1. The van der Waals surface area contributed by atoms with Crippen LogP contribution in [0.5, 0.6) is 0 Å². The Balaban J connectivity index is 0. The van der Waals surface area contributed by atoms with Crippen LogP contribution in [-0.2, 0) is 4.74 Å². The van der Waals surface area contributed by atoms with Gasteiger partial charge in [-0.1, -0.05) is 84.7 Å². The van der Waals surface area contributed by atoms with Gasteiger partial charge in [0.15, 0.2) is 0 Å². The number of ether oxygens (including phenoxy) is 1. The molecule has 2 rings (SSSR count). The number of nitrogens with one attached hydrogen (secondary N) is 1. The molecule has 0 spiro atoms. The summed E-state index contributed by atoms with van der Waals surface area (Å²) in [5, 5.41) is 3.35. The van der Waals surface area contributed by atoms with E-state index in [2.05, 4.69) is 64.2 Å². The summed E-state index contributed by atoms with van der Waals surface area (Å²) in [5.74, 6) is 0. The van der Waals surface area contributed by atoms with E-state index in [4.69, 9.17) is 4.74 Å². The maximum absolute atomic E-state index is 6.04. The fourth-order valence-electron chi connectivity index (χ4n) is 2.02. The first-order valence-electron chi connectivity index (χ1n) is 9.60. The van der Waals surface area contributed by atoms with Gasteiger partial charge in [-0.15, -0.1) is 0 Å². The minimum Gasteiger partial charge on any atom is -0.370 e. The molecule has 1 aliphatic heterocycles. The molecular weight excluding hydrogens is 282 g/mol. The molecule has 0 aromatic heterocycles. The predicted octanol–water partition coefficient (Wildman–Crippen LogP) is 6.38. The minimum absolute atomic E-state index is 0.217. The van der Waals surface area contributed by atoms with Crippen LogP contribution in [0, 0.1) is 0 Å². The molecule has 1 aliphatic rings. The topological polar surface area (TPSA) is 21.3 Å². The maximum Gasteiger partial charge on any atom is 0.0800 e. The normalized spacial score (nSPS) is 14.9. The predicted molar refractivity (Wildman–Crippen MR) is 105 cm³/mol. The van der Waals surface area contributed by atoms with Gasteiger partial charge in [0.1, 0.15) is 0 Å². The van der Waals surface area contributed by atoms with E-state index in [-0.39, 0.29) is 6.10 Å². The lowest BCUT2D eigenvalue weighted by Gasteiger charge is -2.26. The summed E-state index contributed by atoms with van der Waals surface area (Å²) >= 11 is 0. The molecule has 1 N–H and O–H groups in total. The Bertz CT molecular complexity index is 305. The van der Waals surface area contributed by atoms with Gasteiger partial charge in [-0.05, 0) is 38.4 Å². The molecule has 2 heteroatoms. The lowest BCUT2D eigenvalue weighted by atomic mass is 10.1. The summed E-state index contributed by atoms with van der Waals surface area (Å²) in [7, 11) is 0. The molecule has 1 heterocycles. The van der Waals surface area contributed by atoms with Gasteiger partial charge >= 0.3 is 0 Å². The van der Waals surface area contributed by atoms with E-state index in [1.54, 1.807) is 0 Å². The van der Waals surface area contributed by atoms with Gasteiger partial charge in [0, 0.05) is 0 Å². The zero-order chi connectivity index (χ0) is 17.9. The molecule has 136 valence electrons. The van der Waals surface area contributed by atoms with Crippen LogP contribution in [0.2, 0.25) is 0 Å². The van der Waals surface area contributed by atoms with Crippen molar-refractivity contribution in [2.45, 2.75) is 86.4 Å². The highest BCUT2D eigenvalue weighted by Gasteiger charge is 2.16. The Kier molecular flexibility index (Phi) is 20.3. The molecule has 1 saturated heterocycles. The van der Waals surface area contributed by atoms with Crippen LogP contribution in [0.4, 0.5) is 0 Å². The summed E-state index contributed by atoms with van der Waals surface area (Å²) in [6, 6.07) is 10.4. The Morgan fingerprint density at radius 1 is 0.957 bits per heavy atom. The van der Waals surface area contributed by atoms with Gasteiger partial charge in [0.05, 0.1) is 12.2 Å². The Hall–Kier alpha value is -0.860. The zero-order valence-corrected chi connectivity index (χ0v) is 16.7. The second-order valence-electron chi connectivity index (χ2n) is 5.55. The van der Waals surface area contributed by atoms with E-state index < -0.39 is 0 Å². The van der Waals surface area contributed by atoms with Crippen molar-refractivity contribution >= 4 is 0 Å². The van der Waals surface area contributed by atoms with Crippen molar-refractivity contribution in [2.24, 2.45) is 0 Å². The Morgan fingerprint density at radius 2 is 1.39 bits per heavy atom. The second kappa shape index (κ2) is 19.2. The fourth-order valence-corrected chi connectivity index (χ4v) is 2.02. The SMILES string of the molecule is CC.CC(OC1CCNCC1)c1ccccc1.CCC.CCC. The lowest BCUT2D eigenvalue weighted by Crippen LogP contribution is -2.32. The summed E-state index contributed by atoms with van der Waals surface area (Å²) < 4.78 is 6.04. The Morgan fingerprint density at radius 3 is 1.83 bits per heavy atom. The van der Waals surface area contributed by atoms with Crippen LogP contribution in [0.15, 0.2) is 30.3 Å². The Labute approximate surface area is 146 Å². The minimum atomic E-state index is 0.217. The first kappa shape index (κ1) is 24.4. The third kappa shape index (κ3) is 14.5. The van der Waals surface area contributed by atoms with E-state index in [0.29, 0.717) is 6.10 Å². The van der Waals surface area contributed by atoms with Crippen molar-refractivity contribution in [3.63, 3.8) is 0 Å². The first-order valence-corrected chi connectivity index (χ1v) is 9.60. The monoisotopic (exact) mass is 323 g/mol. The molecule has 1 aromatic rings. The van der Waals surface area contributed by atoms with Crippen molar-refractivity contribution in [2.75, 3.05) is 13.1 Å². The van der Waals surface area contributed by atoms with Crippen LogP contribution in [0.3, 0.4) is 0 Å². The number of benzene rings is 1. The third-order valence-corrected chi connectivity index (χ3v) is 2.95. The highest BCUT2D eigenvalue weighted by Crippen LogP contribution is 2.21. The zero-order valence-electron chi connectivity index (χ0n) is 16.7. The molecule has 2 nitrogen and oxygen atoms in total. The van der Waals surface area contributed by atoms with Gasteiger partial charge < -0.3 is 10.1 Å². The molecule has 0 aliphatic carbocycles. The van der Waals surface area contributed by atoms with Crippen molar-refractivity contribution in [3.05, 3.63) is 35.9 Å². The molecule has 0 radical (unpaired) electrons. The average molecular weight is 324 g/mol. The highest BCUT2D eigenvalue weighted by molar-refractivity contribution is 5.16. The summed E-state index contributed by atoms with van der Waals surface area (Å²) in [5.41, 5.74) is 1.27. The van der Waals surface area contributed by atoms with E-state index in [1.807, 2.05) is 19.9 Å². The molecule has 1 unspecified atom stereocenters. The van der Waals surface area contributed by atoms with E-state index in [0.717, 1.165) is 25.9 Å². The molecule has 0 amide bonds. The molecule has 0 bridgehead atoms. The largest absolute Gasteiger partial charge is 0.370 e. The quantitative estimate of drug-likeness (QED) is 0.697. The van der Waals surface area contributed by atoms with Crippen LogP contribution in [0.1, 0.15) is 85.8 Å². The smallest absolute Gasteiger partial charge is 0.0800 e. The molecule has 1 atom stereocenters. The molecule has 1 fully saturated rings. The number of hydrogen-bond acceptors (Lipinski definition) is 2. The third-order valence-electron chi connectivity index (χ3n) is 2.95. The van der Waals surface area contributed by atoms with Gasteiger partial charge in [-0.25, -0.2) is 0 Å². The van der Waals surface area contributed by atoms with Gasteiger partial charge in [0.2, 0.25) is 0 Å². The summed E-state index contributed by atoms with van der Waals surface area (Å²) in [4.78, 5) is 0. The van der Waals surface area contributed by atoms with E-state index in [9.17, 15) is 0 Å². The molecule has 1 aromatic carbocycles. The summed E-state index contributed by atoms with van der Waals surface area (Å²) in [6.07, 6.45) is 5.42. The van der Waals surface area contributed by atoms with Crippen LogP contribution >= 0.6 is 0 Å². The van der Waals surface area contributed by atoms with Gasteiger partial charge in [-0.3, -0.25) is 0 Å². The lowest BCUT2D eigenvalue weighted by molar-refractivity contribution is -0.0186. The summed E-state index contributed by atoms with van der Waals surface area (Å²) in [6.45, 7) is 16.8. The van der Waals surface area contributed by atoms with Crippen LogP contribution < -0.4 is 5.32 Å². The van der Waals surface area contributed by atoms with E-state index in [1.165, 1.54) is 18.4 Å². The molecule has 0 saturated carbocycles. The van der Waals surface area contributed by atoms with Crippen LogP contribution in [-0.4, -0.2) is 19.2 Å². The molecular formula is C21H41NO. The van der Waals surface area contributed by atoms with Crippen LogP contribution in [0.25, 0.3) is 0 Å². The van der Waals surface area contributed by atoms with Crippen molar-refractivity contribution in [1.29, 1.82) is 0 Å².